The van der Waals surface area contributed by atoms with E-state index in [0.29, 0.717) is 5.56 Å². The summed E-state index contributed by atoms with van der Waals surface area (Å²) in [6.07, 6.45) is 1.55. The first-order chi connectivity index (χ1) is 6.58. The van der Waals surface area contributed by atoms with Gasteiger partial charge in [-0.05, 0) is 18.9 Å². The molecule has 4 heteroatoms. The third-order valence-corrected chi connectivity index (χ3v) is 2.61. The maximum atomic E-state index is 13.7. The van der Waals surface area contributed by atoms with Crippen LogP contribution in [0.5, 0.6) is 11.5 Å². The molecule has 0 aromatic heterocycles. The maximum absolute atomic E-state index is 13.7. The zero-order valence-corrected chi connectivity index (χ0v) is 7.88. The molecule has 0 amide bonds. The Morgan fingerprint density at radius 2 is 2.14 bits per heavy atom. The van der Waals surface area contributed by atoms with Crippen molar-refractivity contribution in [2.24, 2.45) is 5.73 Å². The van der Waals surface area contributed by atoms with Crippen LogP contribution >= 0.6 is 0 Å². The fraction of sp³-hybridized carbons (Fsp3) is 0.400. The molecule has 76 valence electrons. The van der Waals surface area contributed by atoms with Gasteiger partial charge < -0.3 is 15.6 Å². The summed E-state index contributed by atoms with van der Waals surface area (Å²) in [5.74, 6) is -0.871. The summed E-state index contributed by atoms with van der Waals surface area (Å²) in [6, 6.07) is 2.92. The van der Waals surface area contributed by atoms with Crippen LogP contribution in [0, 0.1) is 5.82 Å². The van der Waals surface area contributed by atoms with Crippen molar-refractivity contribution in [2.75, 3.05) is 7.11 Å². The molecule has 0 unspecified atom stereocenters. The van der Waals surface area contributed by atoms with Gasteiger partial charge in [-0.25, -0.2) is 4.39 Å². The molecule has 1 saturated carbocycles. The van der Waals surface area contributed by atoms with Crippen LogP contribution in [-0.4, -0.2) is 12.2 Å². The second kappa shape index (κ2) is 2.85. The number of hydrogen-bond donors (Lipinski definition) is 2. The topological polar surface area (TPSA) is 55.5 Å². The smallest absolute Gasteiger partial charge is 0.196 e. The number of phenolic OH excluding ortho intramolecular Hbond substituents is 1. The zero-order valence-electron chi connectivity index (χ0n) is 7.88. The molecule has 0 aliphatic heterocycles. The van der Waals surface area contributed by atoms with Gasteiger partial charge in [0, 0.05) is 11.1 Å². The van der Waals surface area contributed by atoms with Crippen LogP contribution in [-0.2, 0) is 5.54 Å². The fourth-order valence-electron chi connectivity index (χ4n) is 1.53. The number of nitrogens with two attached hydrogens (primary N) is 1. The number of halogens is 1. The fourth-order valence-corrected chi connectivity index (χ4v) is 1.53. The average Bonchev–Trinajstić information content (AvgIpc) is 2.85. The van der Waals surface area contributed by atoms with Crippen LogP contribution in [0.25, 0.3) is 0 Å². The van der Waals surface area contributed by atoms with Crippen LogP contribution < -0.4 is 10.5 Å². The van der Waals surface area contributed by atoms with Crippen molar-refractivity contribution in [3.05, 3.63) is 23.5 Å². The lowest BCUT2D eigenvalue weighted by molar-refractivity contribution is 0.347. The molecule has 1 fully saturated rings. The van der Waals surface area contributed by atoms with E-state index in [2.05, 4.69) is 0 Å². The van der Waals surface area contributed by atoms with E-state index in [4.69, 9.17) is 10.5 Å². The summed E-state index contributed by atoms with van der Waals surface area (Å²) in [4.78, 5) is 0. The van der Waals surface area contributed by atoms with E-state index >= 15 is 0 Å². The minimum Gasteiger partial charge on any atom is -0.504 e. The molecule has 3 N–H and O–H groups in total. The molecule has 0 heterocycles. The summed E-state index contributed by atoms with van der Waals surface area (Å²) < 4.78 is 18.5. The van der Waals surface area contributed by atoms with Gasteiger partial charge in [-0.1, -0.05) is 6.07 Å². The monoisotopic (exact) mass is 197 g/mol. The maximum Gasteiger partial charge on any atom is 0.196 e. The van der Waals surface area contributed by atoms with Crippen LogP contribution in [0.3, 0.4) is 0 Å². The molecule has 1 aliphatic carbocycles. The number of rotatable bonds is 2. The van der Waals surface area contributed by atoms with E-state index in [1.807, 2.05) is 0 Å². The molecule has 2 rings (SSSR count). The van der Waals surface area contributed by atoms with Gasteiger partial charge in [0.2, 0.25) is 0 Å². The van der Waals surface area contributed by atoms with Crippen molar-refractivity contribution in [3.8, 4) is 11.5 Å². The Balaban J connectivity index is 2.53. The van der Waals surface area contributed by atoms with E-state index in [1.54, 1.807) is 0 Å². The van der Waals surface area contributed by atoms with Crippen molar-refractivity contribution in [1.29, 1.82) is 0 Å². The third-order valence-electron chi connectivity index (χ3n) is 2.61. The average molecular weight is 197 g/mol. The molecule has 0 bridgehead atoms. The molecule has 0 radical (unpaired) electrons. The normalized spacial score (nSPS) is 17.9. The Labute approximate surface area is 81.3 Å². The summed E-state index contributed by atoms with van der Waals surface area (Å²) >= 11 is 0. The molecular formula is C10H12FNO2. The number of aromatic hydroxyl groups is 1. The van der Waals surface area contributed by atoms with E-state index < -0.39 is 11.4 Å². The van der Waals surface area contributed by atoms with Crippen molar-refractivity contribution in [1.82, 2.24) is 0 Å². The quantitative estimate of drug-likeness (QED) is 0.755. The predicted molar refractivity (Wildman–Crippen MR) is 49.7 cm³/mol. The summed E-state index contributed by atoms with van der Waals surface area (Å²) in [5.41, 5.74) is 5.74. The predicted octanol–water partition coefficient (Wildman–Crippen LogP) is 1.49. The van der Waals surface area contributed by atoms with Crippen LogP contribution in [0.2, 0.25) is 0 Å². The van der Waals surface area contributed by atoms with Gasteiger partial charge in [-0.15, -0.1) is 0 Å². The number of methoxy groups -OCH3 is 1. The third kappa shape index (κ3) is 1.23. The summed E-state index contributed by atoms with van der Waals surface area (Å²) in [7, 11) is 1.32. The van der Waals surface area contributed by atoms with Crippen LogP contribution in [0.1, 0.15) is 18.4 Å². The van der Waals surface area contributed by atoms with Crippen molar-refractivity contribution < 1.29 is 14.2 Å². The molecule has 3 nitrogen and oxygen atoms in total. The van der Waals surface area contributed by atoms with Crippen molar-refractivity contribution >= 4 is 0 Å². The minimum atomic E-state index is -0.551. The number of hydrogen-bond acceptors (Lipinski definition) is 3. The highest BCUT2D eigenvalue weighted by Crippen LogP contribution is 2.46. The van der Waals surface area contributed by atoms with Crippen molar-refractivity contribution in [3.63, 3.8) is 0 Å². The lowest BCUT2D eigenvalue weighted by Crippen LogP contribution is -2.20. The Morgan fingerprint density at radius 3 is 2.64 bits per heavy atom. The largest absolute Gasteiger partial charge is 0.504 e. The highest BCUT2D eigenvalue weighted by Gasteiger charge is 2.43. The first-order valence-electron chi connectivity index (χ1n) is 4.43. The minimum absolute atomic E-state index is 0.126. The molecule has 1 aromatic rings. The summed E-state index contributed by atoms with van der Waals surface area (Å²) in [6.45, 7) is 0. The Morgan fingerprint density at radius 1 is 1.50 bits per heavy atom. The first kappa shape index (κ1) is 9.27. The van der Waals surface area contributed by atoms with E-state index in [-0.39, 0.29) is 11.5 Å². The number of benzene rings is 1. The van der Waals surface area contributed by atoms with E-state index in [0.717, 1.165) is 12.8 Å². The van der Waals surface area contributed by atoms with Gasteiger partial charge in [0.1, 0.15) is 0 Å². The Hall–Kier alpha value is -1.29. The lowest BCUT2D eigenvalue weighted by atomic mass is 10.0. The van der Waals surface area contributed by atoms with Gasteiger partial charge >= 0.3 is 0 Å². The van der Waals surface area contributed by atoms with Crippen LogP contribution in [0.15, 0.2) is 12.1 Å². The zero-order chi connectivity index (χ0) is 10.3. The number of ether oxygens (including phenoxy) is 1. The van der Waals surface area contributed by atoms with E-state index in [1.165, 1.54) is 19.2 Å². The second-order valence-corrected chi connectivity index (χ2v) is 3.64. The standard InChI is InChI=1S/C10H12FNO2/c1-14-9-7(13)3-2-6(8(9)11)10(12)4-5-10/h2-3,13H,4-5,12H2,1H3. The lowest BCUT2D eigenvalue weighted by Gasteiger charge is -2.13. The molecule has 0 saturated heterocycles. The van der Waals surface area contributed by atoms with Gasteiger partial charge in [0.25, 0.3) is 0 Å². The molecule has 1 aromatic carbocycles. The molecule has 0 atom stereocenters. The second-order valence-electron chi connectivity index (χ2n) is 3.64. The molecule has 0 spiro atoms. The molecule has 14 heavy (non-hydrogen) atoms. The van der Waals surface area contributed by atoms with Crippen LogP contribution in [0.4, 0.5) is 4.39 Å². The van der Waals surface area contributed by atoms with Gasteiger partial charge in [0.05, 0.1) is 7.11 Å². The van der Waals surface area contributed by atoms with Crippen molar-refractivity contribution in [2.45, 2.75) is 18.4 Å². The Kier molecular flexibility index (Phi) is 1.89. The van der Waals surface area contributed by atoms with E-state index in [9.17, 15) is 9.50 Å². The molecular weight excluding hydrogens is 185 g/mol. The highest BCUT2D eigenvalue weighted by atomic mass is 19.1. The van der Waals surface area contributed by atoms with Gasteiger partial charge in [-0.3, -0.25) is 0 Å². The highest BCUT2D eigenvalue weighted by molar-refractivity contribution is 5.47. The first-order valence-corrected chi connectivity index (χ1v) is 4.43. The number of phenols is 1. The summed E-state index contributed by atoms with van der Waals surface area (Å²) in [5, 5.41) is 9.30. The molecule has 1 aliphatic rings. The van der Waals surface area contributed by atoms with Gasteiger partial charge in [0.15, 0.2) is 17.3 Å². The Bertz CT molecular complexity index is 375. The SMILES string of the molecule is COc1c(O)ccc(C2(N)CC2)c1F. The van der Waals surface area contributed by atoms with Gasteiger partial charge in [-0.2, -0.15) is 0 Å².